The molecule has 1 saturated heterocycles. The third-order valence-electron chi connectivity index (χ3n) is 3.78. The fraction of sp³-hybridized carbons (Fsp3) is 0.571. The van der Waals surface area contributed by atoms with E-state index >= 15 is 0 Å². The summed E-state index contributed by atoms with van der Waals surface area (Å²) in [6, 6.07) is 2.74. The van der Waals surface area contributed by atoms with Crippen molar-refractivity contribution in [2.45, 2.75) is 52.1 Å². The van der Waals surface area contributed by atoms with Crippen molar-refractivity contribution >= 4 is 11.7 Å². The highest BCUT2D eigenvalue weighted by Gasteiger charge is 2.32. The molecule has 0 spiro atoms. The molecule has 2 unspecified atom stereocenters. The molecule has 1 fully saturated rings. The number of anilines is 1. The Bertz CT molecular complexity index is 459. The van der Waals surface area contributed by atoms with Crippen LogP contribution >= 0.6 is 0 Å². The summed E-state index contributed by atoms with van der Waals surface area (Å²) in [4.78, 5) is 17.7. The maximum Gasteiger partial charge on any atom is 0.339 e. The predicted octanol–water partition coefficient (Wildman–Crippen LogP) is 2.86. The minimum Gasteiger partial charge on any atom is -0.478 e. The number of carboxylic acids is 1. The van der Waals surface area contributed by atoms with E-state index in [1.807, 2.05) is 13.0 Å². The van der Waals surface area contributed by atoms with Crippen LogP contribution in [0.2, 0.25) is 0 Å². The van der Waals surface area contributed by atoms with Crippen LogP contribution in [0.15, 0.2) is 12.3 Å². The van der Waals surface area contributed by atoms with E-state index in [-0.39, 0.29) is 0 Å². The molecular formula is C14H20N2O2. The number of aromatic carboxylic acids is 1. The molecule has 1 N–H and O–H groups in total. The summed E-state index contributed by atoms with van der Waals surface area (Å²) in [5.41, 5.74) is 2.00. The lowest BCUT2D eigenvalue weighted by atomic mass is 10.1. The molecule has 1 aliphatic rings. The minimum absolute atomic E-state index is 0.313. The Hall–Kier alpha value is -1.58. The molecule has 0 saturated carbocycles. The highest BCUT2D eigenvalue weighted by molar-refractivity contribution is 5.94. The molecule has 0 bridgehead atoms. The number of nitrogens with zero attached hydrogens (tertiary/aromatic N) is 2. The highest BCUT2D eigenvalue weighted by Crippen LogP contribution is 2.34. The summed E-state index contributed by atoms with van der Waals surface area (Å²) in [5, 5.41) is 9.30. The van der Waals surface area contributed by atoms with Crippen molar-refractivity contribution in [1.29, 1.82) is 0 Å². The Labute approximate surface area is 108 Å². The predicted molar refractivity (Wildman–Crippen MR) is 71.2 cm³/mol. The molecule has 4 nitrogen and oxygen atoms in total. The molecule has 1 aromatic rings. The van der Waals surface area contributed by atoms with E-state index in [1.165, 1.54) is 6.20 Å². The number of hydrogen-bond acceptors (Lipinski definition) is 3. The third kappa shape index (κ3) is 2.19. The molecule has 0 aromatic carbocycles. The molecule has 2 atom stereocenters. The van der Waals surface area contributed by atoms with Crippen molar-refractivity contribution in [3.63, 3.8) is 0 Å². The Balaban J connectivity index is 2.48. The van der Waals surface area contributed by atoms with Gasteiger partial charge in [0.2, 0.25) is 0 Å². The van der Waals surface area contributed by atoms with Crippen molar-refractivity contribution in [3.8, 4) is 0 Å². The van der Waals surface area contributed by atoms with Crippen LogP contribution in [0.25, 0.3) is 0 Å². The Morgan fingerprint density at radius 3 is 2.89 bits per heavy atom. The van der Waals surface area contributed by atoms with Gasteiger partial charge in [-0.3, -0.25) is 4.98 Å². The molecule has 0 aliphatic carbocycles. The number of pyridine rings is 1. The molecule has 1 aliphatic heterocycles. The topological polar surface area (TPSA) is 53.4 Å². The lowest BCUT2D eigenvalue weighted by Crippen LogP contribution is -2.35. The number of carbonyl (C=O) groups is 1. The van der Waals surface area contributed by atoms with Crippen molar-refractivity contribution < 1.29 is 9.90 Å². The van der Waals surface area contributed by atoms with Gasteiger partial charge in [0.05, 0.1) is 5.69 Å². The van der Waals surface area contributed by atoms with E-state index in [0.717, 1.165) is 30.6 Å². The second kappa shape index (κ2) is 4.96. The van der Waals surface area contributed by atoms with E-state index in [9.17, 15) is 9.90 Å². The monoisotopic (exact) mass is 248 g/mol. The first kappa shape index (κ1) is 12.9. The molecule has 0 amide bonds. The number of rotatable bonds is 3. The first-order valence-electron chi connectivity index (χ1n) is 6.52. The van der Waals surface area contributed by atoms with Gasteiger partial charge < -0.3 is 10.0 Å². The van der Waals surface area contributed by atoms with Gasteiger partial charge in [-0.2, -0.15) is 0 Å². The van der Waals surface area contributed by atoms with Crippen LogP contribution in [0.4, 0.5) is 5.69 Å². The zero-order chi connectivity index (χ0) is 13.3. The number of carboxylic acid groups (broad SMARTS) is 1. The van der Waals surface area contributed by atoms with Gasteiger partial charge in [-0.1, -0.05) is 6.92 Å². The van der Waals surface area contributed by atoms with Crippen LogP contribution in [0.1, 0.15) is 49.2 Å². The average Bonchev–Trinajstić information content (AvgIpc) is 2.69. The van der Waals surface area contributed by atoms with Crippen LogP contribution in [0.5, 0.6) is 0 Å². The van der Waals surface area contributed by atoms with Crippen LogP contribution in [-0.4, -0.2) is 28.1 Å². The summed E-state index contributed by atoms with van der Waals surface area (Å²) in [6.45, 7) is 6.22. The molecule has 0 radical (unpaired) electrons. The fourth-order valence-corrected chi connectivity index (χ4v) is 2.83. The Morgan fingerprint density at radius 1 is 1.56 bits per heavy atom. The SMILES string of the molecule is CCC1CCC(C)N1c1cc(C)ncc1C(=O)O. The van der Waals surface area contributed by atoms with Crippen molar-refractivity contribution in [2.24, 2.45) is 0 Å². The Kier molecular flexibility index (Phi) is 3.55. The van der Waals surface area contributed by atoms with Crippen LogP contribution in [-0.2, 0) is 0 Å². The average molecular weight is 248 g/mol. The Morgan fingerprint density at radius 2 is 2.28 bits per heavy atom. The quantitative estimate of drug-likeness (QED) is 0.893. The van der Waals surface area contributed by atoms with Crippen LogP contribution in [0, 0.1) is 6.92 Å². The van der Waals surface area contributed by atoms with Gasteiger partial charge in [0.1, 0.15) is 5.56 Å². The zero-order valence-electron chi connectivity index (χ0n) is 11.2. The first-order chi connectivity index (χ1) is 8.54. The standard InChI is InChI=1S/C14H20N2O2/c1-4-11-6-5-10(3)16(11)13-7-9(2)15-8-12(13)14(17)18/h7-8,10-11H,4-6H2,1-3H3,(H,17,18). The summed E-state index contributed by atoms with van der Waals surface area (Å²) in [6.07, 6.45) is 4.78. The number of hydrogen-bond donors (Lipinski definition) is 1. The second-order valence-corrected chi connectivity index (χ2v) is 5.04. The molecule has 2 rings (SSSR count). The molecular weight excluding hydrogens is 228 g/mol. The largest absolute Gasteiger partial charge is 0.478 e. The van der Waals surface area contributed by atoms with Gasteiger partial charge in [-0.05, 0) is 39.2 Å². The number of aryl methyl sites for hydroxylation is 1. The minimum atomic E-state index is -0.897. The molecule has 98 valence electrons. The molecule has 4 heteroatoms. The van der Waals surface area contributed by atoms with E-state index in [1.54, 1.807) is 0 Å². The van der Waals surface area contributed by atoms with Crippen molar-refractivity contribution in [2.75, 3.05) is 4.90 Å². The molecule has 2 heterocycles. The van der Waals surface area contributed by atoms with E-state index in [2.05, 4.69) is 23.7 Å². The van der Waals surface area contributed by atoms with E-state index < -0.39 is 5.97 Å². The van der Waals surface area contributed by atoms with Gasteiger partial charge in [-0.15, -0.1) is 0 Å². The van der Waals surface area contributed by atoms with Crippen molar-refractivity contribution in [1.82, 2.24) is 4.98 Å². The first-order valence-corrected chi connectivity index (χ1v) is 6.52. The van der Waals surface area contributed by atoms with E-state index in [0.29, 0.717) is 17.6 Å². The van der Waals surface area contributed by atoms with Gasteiger partial charge >= 0.3 is 5.97 Å². The smallest absolute Gasteiger partial charge is 0.339 e. The third-order valence-corrected chi connectivity index (χ3v) is 3.78. The van der Waals surface area contributed by atoms with Crippen LogP contribution in [0.3, 0.4) is 0 Å². The van der Waals surface area contributed by atoms with Crippen LogP contribution < -0.4 is 4.90 Å². The summed E-state index contributed by atoms with van der Waals surface area (Å²) in [5.74, 6) is -0.897. The normalized spacial score (nSPS) is 23.4. The second-order valence-electron chi connectivity index (χ2n) is 5.04. The maximum atomic E-state index is 11.3. The van der Waals surface area contributed by atoms with Gasteiger partial charge in [0, 0.05) is 24.0 Å². The summed E-state index contributed by atoms with van der Waals surface area (Å²) >= 11 is 0. The highest BCUT2D eigenvalue weighted by atomic mass is 16.4. The maximum absolute atomic E-state index is 11.3. The van der Waals surface area contributed by atoms with Crippen molar-refractivity contribution in [3.05, 3.63) is 23.5 Å². The summed E-state index contributed by atoms with van der Waals surface area (Å²) in [7, 11) is 0. The molecule has 18 heavy (non-hydrogen) atoms. The van der Waals surface area contributed by atoms with Gasteiger partial charge in [0.15, 0.2) is 0 Å². The molecule has 1 aromatic heterocycles. The summed E-state index contributed by atoms with van der Waals surface area (Å²) < 4.78 is 0. The number of aromatic nitrogens is 1. The van der Waals surface area contributed by atoms with Gasteiger partial charge in [0.25, 0.3) is 0 Å². The van der Waals surface area contributed by atoms with Gasteiger partial charge in [-0.25, -0.2) is 4.79 Å². The zero-order valence-corrected chi connectivity index (χ0v) is 11.2. The fourth-order valence-electron chi connectivity index (χ4n) is 2.83. The lowest BCUT2D eigenvalue weighted by Gasteiger charge is -2.31. The van der Waals surface area contributed by atoms with E-state index in [4.69, 9.17) is 0 Å². The lowest BCUT2D eigenvalue weighted by molar-refractivity contribution is 0.0697.